The number of ether oxygens (including phenoxy) is 1. The summed E-state index contributed by atoms with van der Waals surface area (Å²) in [6.07, 6.45) is 0.929. The summed E-state index contributed by atoms with van der Waals surface area (Å²) < 4.78 is 5.20. The lowest BCUT2D eigenvalue weighted by molar-refractivity contribution is 0.0949. The van der Waals surface area contributed by atoms with E-state index in [1.54, 1.807) is 7.11 Å². The molecule has 2 aromatic rings. The number of rotatable bonds is 4. The number of methoxy groups -OCH3 is 1. The van der Waals surface area contributed by atoms with E-state index in [9.17, 15) is 4.79 Å². The van der Waals surface area contributed by atoms with Gasteiger partial charge in [-0.05, 0) is 37.1 Å². The van der Waals surface area contributed by atoms with Gasteiger partial charge in [0.1, 0.15) is 11.4 Å². The summed E-state index contributed by atoms with van der Waals surface area (Å²) >= 11 is 0. The molecular formula is C14H18N2O2. The summed E-state index contributed by atoms with van der Waals surface area (Å²) in [6, 6.07) is 5.75. The Balaban J connectivity index is 2.41. The van der Waals surface area contributed by atoms with Crippen LogP contribution in [0.1, 0.15) is 29.4 Å². The Bertz CT molecular complexity index is 572. The molecule has 4 heteroatoms. The van der Waals surface area contributed by atoms with Gasteiger partial charge in [-0.1, -0.05) is 6.92 Å². The summed E-state index contributed by atoms with van der Waals surface area (Å²) in [7, 11) is 1.64. The molecule has 0 atom stereocenters. The maximum absolute atomic E-state index is 12.0. The van der Waals surface area contributed by atoms with Crippen molar-refractivity contribution in [3.8, 4) is 5.75 Å². The molecule has 0 aliphatic rings. The van der Waals surface area contributed by atoms with Gasteiger partial charge in [0.15, 0.2) is 0 Å². The first-order chi connectivity index (χ1) is 8.67. The highest BCUT2D eigenvalue weighted by molar-refractivity contribution is 6.01. The minimum absolute atomic E-state index is 0.0514. The highest BCUT2D eigenvalue weighted by Crippen LogP contribution is 2.25. The fraction of sp³-hybridized carbons (Fsp3) is 0.357. The summed E-state index contributed by atoms with van der Waals surface area (Å²) in [4.78, 5) is 15.1. The van der Waals surface area contributed by atoms with Crippen molar-refractivity contribution in [3.05, 3.63) is 29.5 Å². The number of hydrogen-bond acceptors (Lipinski definition) is 2. The second-order valence-corrected chi connectivity index (χ2v) is 4.29. The predicted molar refractivity (Wildman–Crippen MR) is 72.2 cm³/mol. The Morgan fingerprint density at radius 2 is 2.22 bits per heavy atom. The van der Waals surface area contributed by atoms with E-state index in [1.165, 1.54) is 0 Å². The molecule has 96 valence electrons. The van der Waals surface area contributed by atoms with Crippen LogP contribution < -0.4 is 10.1 Å². The molecule has 0 radical (unpaired) electrons. The molecule has 0 aliphatic heterocycles. The van der Waals surface area contributed by atoms with Gasteiger partial charge in [0.05, 0.1) is 7.11 Å². The Hall–Kier alpha value is -1.97. The average molecular weight is 246 g/mol. The highest BCUT2D eigenvalue weighted by Gasteiger charge is 2.14. The second-order valence-electron chi connectivity index (χ2n) is 4.29. The Morgan fingerprint density at radius 3 is 2.89 bits per heavy atom. The van der Waals surface area contributed by atoms with E-state index in [2.05, 4.69) is 10.3 Å². The molecule has 1 heterocycles. The van der Waals surface area contributed by atoms with Gasteiger partial charge in [0.2, 0.25) is 0 Å². The zero-order valence-electron chi connectivity index (χ0n) is 11.0. The van der Waals surface area contributed by atoms with Crippen LogP contribution in [0.15, 0.2) is 18.2 Å². The van der Waals surface area contributed by atoms with Gasteiger partial charge in [-0.2, -0.15) is 0 Å². The first-order valence-electron chi connectivity index (χ1n) is 6.12. The SMILES string of the molecule is CCCNC(=O)c1[nH]c2ccc(OC)cc2c1C. The minimum atomic E-state index is -0.0514. The van der Waals surface area contributed by atoms with Crippen molar-refractivity contribution in [3.63, 3.8) is 0 Å². The molecule has 0 fully saturated rings. The van der Waals surface area contributed by atoms with Crippen molar-refractivity contribution in [2.75, 3.05) is 13.7 Å². The molecule has 0 saturated carbocycles. The van der Waals surface area contributed by atoms with Crippen molar-refractivity contribution in [1.82, 2.24) is 10.3 Å². The van der Waals surface area contributed by atoms with Gasteiger partial charge in [0.25, 0.3) is 5.91 Å². The zero-order chi connectivity index (χ0) is 13.1. The van der Waals surface area contributed by atoms with Crippen molar-refractivity contribution in [2.24, 2.45) is 0 Å². The number of carbonyl (C=O) groups is 1. The first kappa shape index (κ1) is 12.5. The summed E-state index contributed by atoms with van der Waals surface area (Å²) in [5.41, 5.74) is 2.54. The third kappa shape index (κ3) is 2.18. The van der Waals surface area contributed by atoms with Crippen LogP contribution >= 0.6 is 0 Å². The van der Waals surface area contributed by atoms with Crippen molar-refractivity contribution >= 4 is 16.8 Å². The number of fused-ring (bicyclic) bond motifs is 1. The molecule has 1 amide bonds. The van der Waals surface area contributed by atoms with Gasteiger partial charge in [-0.25, -0.2) is 0 Å². The first-order valence-corrected chi connectivity index (χ1v) is 6.12. The smallest absolute Gasteiger partial charge is 0.268 e. The van der Waals surface area contributed by atoms with Crippen molar-refractivity contribution < 1.29 is 9.53 Å². The largest absolute Gasteiger partial charge is 0.497 e. The lowest BCUT2D eigenvalue weighted by atomic mass is 10.1. The molecule has 0 unspecified atom stereocenters. The van der Waals surface area contributed by atoms with Crippen LogP contribution in [0.2, 0.25) is 0 Å². The van der Waals surface area contributed by atoms with E-state index in [0.29, 0.717) is 12.2 Å². The molecule has 0 aliphatic carbocycles. The maximum atomic E-state index is 12.0. The third-order valence-electron chi connectivity index (χ3n) is 3.03. The van der Waals surface area contributed by atoms with Crippen molar-refractivity contribution in [2.45, 2.75) is 20.3 Å². The molecule has 0 bridgehead atoms. The highest BCUT2D eigenvalue weighted by atomic mass is 16.5. The van der Waals surface area contributed by atoms with Crippen LogP contribution in [0, 0.1) is 6.92 Å². The van der Waals surface area contributed by atoms with E-state index in [1.807, 2.05) is 32.0 Å². The van der Waals surface area contributed by atoms with Crippen LogP contribution in [0.25, 0.3) is 10.9 Å². The van der Waals surface area contributed by atoms with Crippen LogP contribution in [0.5, 0.6) is 5.75 Å². The minimum Gasteiger partial charge on any atom is -0.497 e. The second kappa shape index (κ2) is 5.12. The van der Waals surface area contributed by atoms with Crippen LogP contribution in [0.4, 0.5) is 0 Å². The third-order valence-corrected chi connectivity index (χ3v) is 3.03. The Morgan fingerprint density at radius 1 is 1.44 bits per heavy atom. The number of carbonyl (C=O) groups excluding carboxylic acids is 1. The number of nitrogens with one attached hydrogen (secondary N) is 2. The molecule has 0 saturated heterocycles. The van der Waals surface area contributed by atoms with E-state index in [4.69, 9.17) is 4.74 Å². The standard InChI is InChI=1S/C14H18N2O2/c1-4-7-15-14(17)13-9(2)11-8-10(18-3)5-6-12(11)16-13/h5-6,8,16H,4,7H2,1-3H3,(H,15,17). The van der Waals surface area contributed by atoms with Gasteiger partial charge in [-0.15, -0.1) is 0 Å². The summed E-state index contributed by atoms with van der Waals surface area (Å²) in [6.45, 7) is 4.67. The fourth-order valence-electron chi connectivity index (χ4n) is 1.99. The van der Waals surface area contributed by atoms with Gasteiger partial charge >= 0.3 is 0 Å². The normalized spacial score (nSPS) is 10.6. The van der Waals surface area contributed by atoms with Crippen molar-refractivity contribution in [1.29, 1.82) is 0 Å². The van der Waals surface area contributed by atoms with Gasteiger partial charge in [0, 0.05) is 17.4 Å². The summed E-state index contributed by atoms with van der Waals surface area (Å²) in [5.74, 6) is 0.745. The number of benzene rings is 1. The van der Waals surface area contributed by atoms with Crippen LogP contribution in [-0.2, 0) is 0 Å². The maximum Gasteiger partial charge on any atom is 0.268 e. The topological polar surface area (TPSA) is 54.1 Å². The van der Waals surface area contributed by atoms with Crippen LogP contribution in [0.3, 0.4) is 0 Å². The fourth-order valence-corrected chi connectivity index (χ4v) is 1.99. The molecule has 1 aromatic carbocycles. The number of amides is 1. The van der Waals surface area contributed by atoms with Gasteiger partial charge < -0.3 is 15.0 Å². The quantitative estimate of drug-likeness (QED) is 0.871. The molecule has 18 heavy (non-hydrogen) atoms. The lowest BCUT2D eigenvalue weighted by Crippen LogP contribution is -2.24. The van der Waals surface area contributed by atoms with E-state index in [-0.39, 0.29) is 5.91 Å². The number of H-pyrrole nitrogens is 1. The molecule has 4 nitrogen and oxygen atoms in total. The Kier molecular flexibility index (Phi) is 3.55. The summed E-state index contributed by atoms with van der Waals surface area (Å²) in [5, 5.41) is 3.90. The Labute approximate surface area is 106 Å². The van der Waals surface area contributed by atoms with E-state index >= 15 is 0 Å². The molecular weight excluding hydrogens is 228 g/mol. The predicted octanol–water partition coefficient (Wildman–Crippen LogP) is 2.62. The molecule has 2 N–H and O–H groups in total. The molecule has 1 aromatic heterocycles. The number of aryl methyl sites for hydroxylation is 1. The monoisotopic (exact) mass is 246 g/mol. The lowest BCUT2D eigenvalue weighted by Gasteiger charge is -2.02. The van der Waals surface area contributed by atoms with Crippen LogP contribution in [-0.4, -0.2) is 24.5 Å². The average Bonchev–Trinajstić information content (AvgIpc) is 2.73. The van der Waals surface area contributed by atoms with E-state index < -0.39 is 0 Å². The number of hydrogen-bond donors (Lipinski definition) is 2. The zero-order valence-corrected chi connectivity index (χ0v) is 11.0. The van der Waals surface area contributed by atoms with Gasteiger partial charge in [-0.3, -0.25) is 4.79 Å². The number of aromatic nitrogens is 1. The molecule has 2 rings (SSSR count). The van der Waals surface area contributed by atoms with E-state index in [0.717, 1.165) is 28.6 Å². The molecule has 0 spiro atoms. The number of aromatic amines is 1.